The highest BCUT2D eigenvalue weighted by Crippen LogP contribution is 2.43. The number of phosphoric acid groups is 1. The molecule has 1 saturated carbocycles. The quantitative estimate of drug-likeness (QED) is 0.0172. The summed E-state index contributed by atoms with van der Waals surface area (Å²) in [7, 11) is -5.37. The van der Waals surface area contributed by atoms with E-state index in [4.69, 9.17) is 18.5 Å². The van der Waals surface area contributed by atoms with Crippen molar-refractivity contribution in [1.29, 1.82) is 0 Å². The zero-order chi connectivity index (χ0) is 43.6. The molecule has 1 aliphatic rings. The van der Waals surface area contributed by atoms with Crippen LogP contribution < -0.4 is 4.89 Å². The molecule has 0 aromatic heterocycles. The number of esters is 2. The third kappa shape index (κ3) is 28.5. The molecule has 59 heavy (non-hydrogen) atoms. The molecule has 0 aromatic carbocycles. The van der Waals surface area contributed by atoms with Gasteiger partial charge in [-0.2, -0.15) is 0 Å². The molecule has 0 bridgehead atoms. The molecule has 3 unspecified atom stereocenters. The van der Waals surface area contributed by atoms with Gasteiger partial charge in [0, 0.05) is 12.8 Å². The first-order valence-corrected chi connectivity index (χ1v) is 24.6. The van der Waals surface area contributed by atoms with Crippen molar-refractivity contribution in [3.63, 3.8) is 0 Å². The van der Waals surface area contributed by atoms with Crippen LogP contribution in [-0.2, 0) is 32.7 Å². The Hall–Kier alpha value is -1.67. The van der Waals surface area contributed by atoms with Crippen LogP contribution in [0.4, 0.5) is 0 Å². The molecule has 1 fully saturated rings. The average Bonchev–Trinajstić information content (AvgIpc) is 3.21. The van der Waals surface area contributed by atoms with Gasteiger partial charge in [0.05, 0.1) is 6.61 Å². The van der Waals surface area contributed by atoms with Crippen LogP contribution in [0.2, 0.25) is 0 Å². The van der Waals surface area contributed by atoms with Crippen molar-refractivity contribution in [3.05, 3.63) is 24.3 Å². The van der Waals surface area contributed by atoms with Gasteiger partial charge in [-0.05, 0) is 64.2 Å². The molecule has 0 aliphatic heterocycles. The third-order valence-electron chi connectivity index (χ3n) is 10.8. The average molecular weight is 862 g/mol. The first kappa shape index (κ1) is 55.3. The molecular weight excluding hydrogens is 779 g/mol. The van der Waals surface area contributed by atoms with E-state index in [0.717, 1.165) is 77.0 Å². The molecule has 0 spiro atoms. The molecule has 8 atom stereocenters. The Labute approximate surface area is 356 Å². The maximum absolute atomic E-state index is 12.7. The van der Waals surface area contributed by atoms with Gasteiger partial charge in [-0.25, -0.2) is 0 Å². The number of rotatable bonds is 38. The molecule has 0 heterocycles. The molecule has 5 N–H and O–H groups in total. The Kier molecular flexibility index (Phi) is 33.7. The summed E-state index contributed by atoms with van der Waals surface area (Å²) in [5.74, 6) is -1.15. The Bertz CT molecular complexity index is 1130. The van der Waals surface area contributed by atoms with Crippen molar-refractivity contribution >= 4 is 19.8 Å². The van der Waals surface area contributed by atoms with Crippen molar-refractivity contribution in [3.8, 4) is 0 Å². The van der Waals surface area contributed by atoms with Crippen LogP contribution in [0.15, 0.2) is 24.3 Å². The summed E-state index contributed by atoms with van der Waals surface area (Å²) in [5, 5.41) is 50.0. The molecule has 0 radical (unpaired) electrons. The molecule has 1 aliphatic carbocycles. The smallest absolute Gasteiger partial charge is 0.306 e. The SMILES string of the molecule is CCCCCCCC/C=C\CCCCCCCC(=O)OC[C@H](COP(=O)([O-])OC1[C@H](O)[C@H](O)C(O)[C@H](O)[C@H]1O)OC(=O)CCCCCCC/C=C\CCCCCCCC. The number of phosphoric ester groups is 1. The van der Waals surface area contributed by atoms with Crippen LogP contribution in [0.1, 0.15) is 194 Å². The van der Waals surface area contributed by atoms with Gasteiger partial charge < -0.3 is 48.9 Å². The van der Waals surface area contributed by atoms with Crippen molar-refractivity contribution in [2.45, 2.75) is 236 Å². The third-order valence-corrected chi connectivity index (χ3v) is 11.7. The fourth-order valence-corrected chi connectivity index (χ4v) is 7.93. The minimum Gasteiger partial charge on any atom is -0.756 e. The first-order chi connectivity index (χ1) is 28.4. The standard InChI is InChI=1S/C45H83O13P/c1-3-5-7-9-11-13-15-17-19-21-23-25-27-29-31-33-38(46)55-35-37(36-56-59(53,54)58-45-43(51)41(49)40(48)42(50)44(45)52)57-39(47)34-32-30-28-26-24-22-20-18-16-14-12-10-8-6-4-2/h17-20,37,40-45,48-52H,3-16,21-36H2,1-2H3,(H,53,54)/p-1/b19-17-,20-18-/t37-,40?,41-,42+,43-,44-,45?/m1/s1. The second kappa shape index (κ2) is 35.9. The summed E-state index contributed by atoms with van der Waals surface area (Å²) in [6, 6.07) is 0. The van der Waals surface area contributed by atoms with E-state index in [0.29, 0.717) is 12.8 Å². The van der Waals surface area contributed by atoms with Crippen LogP contribution >= 0.6 is 7.82 Å². The molecular formula is C45H82O13P-. The van der Waals surface area contributed by atoms with E-state index in [2.05, 4.69) is 38.2 Å². The Morgan fingerprint density at radius 2 is 0.881 bits per heavy atom. The number of unbranched alkanes of at least 4 members (excludes halogenated alkanes) is 22. The molecule has 0 saturated heterocycles. The van der Waals surface area contributed by atoms with E-state index in [9.17, 15) is 44.6 Å². The largest absolute Gasteiger partial charge is 0.756 e. The second-order valence-corrected chi connectivity index (χ2v) is 17.6. The highest BCUT2D eigenvalue weighted by Gasteiger charge is 2.50. The molecule has 0 amide bonds. The number of carbonyl (C=O) groups excluding carboxylic acids is 2. The van der Waals surface area contributed by atoms with E-state index < -0.39 is 75.7 Å². The zero-order valence-electron chi connectivity index (χ0n) is 36.5. The van der Waals surface area contributed by atoms with Crippen LogP contribution in [-0.4, -0.2) is 93.4 Å². The Balaban J connectivity index is 2.47. The van der Waals surface area contributed by atoms with E-state index in [-0.39, 0.29) is 12.8 Å². The first-order valence-electron chi connectivity index (χ1n) is 23.1. The number of allylic oxidation sites excluding steroid dienone is 4. The lowest BCUT2D eigenvalue weighted by molar-refractivity contribution is -0.261. The fraction of sp³-hybridized carbons (Fsp3) is 0.867. The van der Waals surface area contributed by atoms with E-state index in [1.807, 2.05) is 0 Å². The van der Waals surface area contributed by atoms with Crippen molar-refractivity contribution in [2.75, 3.05) is 13.2 Å². The highest BCUT2D eigenvalue weighted by molar-refractivity contribution is 7.45. The lowest BCUT2D eigenvalue weighted by atomic mass is 9.85. The van der Waals surface area contributed by atoms with Gasteiger partial charge in [0.1, 0.15) is 43.2 Å². The zero-order valence-corrected chi connectivity index (χ0v) is 37.4. The number of hydrogen-bond donors (Lipinski definition) is 5. The van der Waals surface area contributed by atoms with Crippen molar-refractivity contribution in [2.24, 2.45) is 0 Å². The second-order valence-electron chi connectivity index (χ2n) is 16.2. The fourth-order valence-electron chi connectivity index (χ4n) is 6.97. The van der Waals surface area contributed by atoms with Crippen LogP contribution in [0, 0.1) is 0 Å². The van der Waals surface area contributed by atoms with Gasteiger partial charge >= 0.3 is 11.9 Å². The number of aliphatic hydroxyl groups is 5. The molecule has 346 valence electrons. The summed E-state index contributed by atoms with van der Waals surface area (Å²) in [6.07, 6.45) is 24.7. The van der Waals surface area contributed by atoms with Gasteiger partial charge in [-0.1, -0.05) is 141 Å². The molecule has 0 aromatic rings. The van der Waals surface area contributed by atoms with E-state index >= 15 is 0 Å². The van der Waals surface area contributed by atoms with Gasteiger partial charge in [-0.15, -0.1) is 0 Å². The van der Waals surface area contributed by atoms with Crippen LogP contribution in [0.5, 0.6) is 0 Å². The summed E-state index contributed by atoms with van der Waals surface area (Å²) in [6.45, 7) is 3.18. The van der Waals surface area contributed by atoms with Gasteiger partial charge in [-0.3, -0.25) is 14.2 Å². The predicted molar refractivity (Wildman–Crippen MR) is 228 cm³/mol. The summed E-state index contributed by atoms with van der Waals surface area (Å²) in [5.41, 5.74) is 0. The van der Waals surface area contributed by atoms with E-state index in [1.165, 1.54) is 77.0 Å². The van der Waals surface area contributed by atoms with Crippen LogP contribution in [0.25, 0.3) is 0 Å². The summed E-state index contributed by atoms with van der Waals surface area (Å²) >= 11 is 0. The minimum absolute atomic E-state index is 0.0711. The number of carbonyl (C=O) groups is 2. The van der Waals surface area contributed by atoms with Crippen LogP contribution in [0.3, 0.4) is 0 Å². The highest BCUT2D eigenvalue weighted by atomic mass is 31.2. The number of ether oxygens (including phenoxy) is 2. The monoisotopic (exact) mass is 862 g/mol. The Morgan fingerprint density at radius 1 is 0.525 bits per heavy atom. The predicted octanol–water partition coefficient (Wildman–Crippen LogP) is 8.20. The Morgan fingerprint density at radius 3 is 1.31 bits per heavy atom. The number of aliphatic hydroxyl groups excluding tert-OH is 5. The maximum atomic E-state index is 12.7. The molecule has 1 rings (SSSR count). The maximum Gasteiger partial charge on any atom is 0.306 e. The summed E-state index contributed by atoms with van der Waals surface area (Å²) < 4.78 is 33.1. The molecule has 13 nitrogen and oxygen atoms in total. The topological polar surface area (TPSA) is 212 Å². The molecule has 14 heteroatoms. The van der Waals surface area contributed by atoms with Gasteiger partial charge in [0.15, 0.2) is 6.10 Å². The minimum atomic E-state index is -5.37. The lowest BCUT2D eigenvalue weighted by Crippen LogP contribution is -2.64. The van der Waals surface area contributed by atoms with E-state index in [1.54, 1.807) is 0 Å². The van der Waals surface area contributed by atoms with Gasteiger partial charge in [0.25, 0.3) is 7.82 Å². The number of hydrogen-bond acceptors (Lipinski definition) is 13. The lowest BCUT2D eigenvalue weighted by Gasteiger charge is -2.43. The van der Waals surface area contributed by atoms with Gasteiger partial charge in [0.2, 0.25) is 0 Å². The normalized spacial score (nSPS) is 22.5. The van der Waals surface area contributed by atoms with Crippen molar-refractivity contribution in [1.82, 2.24) is 0 Å². The summed E-state index contributed by atoms with van der Waals surface area (Å²) in [4.78, 5) is 38.0. The van der Waals surface area contributed by atoms with Crippen molar-refractivity contribution < 1.29 is 63.1 Å².